The van der Waals surface area contributed by atoms with E-state index >= 15 is 0 Å². The normalized spacial score (nSPS) is 12.6. The SMILES string of the molecule is CCCCCCCC/C=C\CCCCCCCCOCCOCCOC[C@@H](CO)N=O. The Morgan fingerprint density at radius 1 is 0.677 bits per heavy atom. The highest BCUT2D eigenvalue weighted by molar-refractivity contribution is 4.81. The monoisotopic (exact) mass is 443 g/mol. The highest BCUT2D eigenvalue weighted by Gasteiger charge is 2.05. The summed E-state index contributed by atoms with van der Waals surface area (Å²) in [7, 11) is 0. The van der Waals surface area contributed by atoms with E-state index in [0.29, 0.717) is 26.4 Å². The Morgan fingerprint density at radius 2 is 1.16 bits per heavy atom. The summed E-state index contributed by atoms with van der Waals surface area (Å²) in [6.07, 6.45) is 23.2. The second-order valence-electron chi connectivity index (χ2n) is 8.18. The summed E-state index contributed by atoms with van der Waals surface area (Å²) in [4.78, 5) is 10.3. The number of unbranched alkanes of at least 4 members (excludes halogenated alkanes) is 12. The van der Waals surface area contributed by atoms with Crippen molar-refractivity contribution >= 4 is 0 Å². The van der Waals surface area contributed by atoms with Crippen LogP contribution in [-0.2, 0) is 14.2 Å². The predicted molar refractivity (Wildman–Crippen MR) is 129 cm³/mol. The second kappa shape index (κ2) is 27.2. The molecule has 0 radical (unpaired) electrons. The largest absolute Gasteiger partial charge is 0.394 e. The molecule has 184 valence electrons. The zero-order valence-electron chi connectivity index (χ0n) is 20.1. The second-order valence-corrected chi connectivity index (χ2v) is 8.18. The maximum absolute atomic E-state index is 10.3. The van der Waals surface area contributed by atoms with Gasteiger partial charge in [0.25, 0.3) is 0 Å². The Labute approximate surface area is 191 Å². The molecule has 0 unspecified atom stereocenters. The molecule has 1 N–H and O–H groups in total. The van der Waals surface area contributed by atoms with Gasteiger partial charge in [0.1, 0.15) is 6.04 Å². The van der Waals surface area contributed by atoms with Gasteiger partial charge in [0.2, 0.25) is 0 Å². The van der Waals surface area contributed by atoms with E-state index in [-0.39, 0.29) is 13.2 Å². The molecule has 0 aliphatic rings. The molecule has 0 aromatic heterocycles. The fourth-order valence-electron chi connectivity index (χ4n) is 3.23. The van der Waals surface area contributed by atoms with Crippen molar-refractivity contribution in [3.05, 3.63) is 17.1 Å². The fraction of sp³-hybridized carbons (Fsp3) is 0.920. The molecule has 0 saturated carbocycles. The van der Waals surface area contributed by atoms with E-state index in [1.54, 1.807) is 0 Å². The molecule has 0 aromatic carbocycles. The van der Waals surface area contributed by atoms with Crippen molar-refractivity contribution in [2.24, 2.45) is 5.18 Å². The van der Waals surface area contributed by atoms with Gasteiger partial charge in [0, 0.05) is 6.61 Å². The number of aliphatic hydroxyl groups excluding tert-OH is 1. The van der Waals surface area contributed by atoms with E-state index < -0.39 is 6.04 Å². The Bertz CT molecular complexity index is 379. The summed E-state index contributed by atoms with van der Waals surface area (Å²) in [5.74, 6) is 0. The predicted octanol–water partition coefficient (Wildman–Crippen LogP) is 6.20. The number of nitrogens with zero attached hydrogens (tertiary/aromatic N) is 1. The highest BCUT2D eigenvalue weighted by atomic mass is 16.5. The molecule has 0 rings (SSSR count). The molecule has 31 heavy (non-hydrogen) atoms. The van der Waals surface area contributed by atoms with Crippen LogP contribution in [0, 0.1) is 4.91 Å². The van der Waals surface area contributed by atoms with Crippen LogP contribution in [0.5, 0.6) is 0 Å². The molecule has 0 aliphatic carbocycles. The average Bonchev–Trinajstić information content (AvgIpc) is 2.79. The Kier molecular flexibility index (Phi) is 26.5. The van der Waals surface area contributed by atoms with Gasteiger partial charge >= 0.3 is 0 Å². The first-order chi connectivity index (χ1) is 15.3. The molecule has 6 heteroatoms. The Morgan fingerprint density at radius 3 is 1.71 bits per heavy atom. The summed E-state index contributed by atoms with van der Waals surface area (Å²) >= 11 is 0. The van der Waals surface area contributed by atoms with Gasteiger partial charge in [-0.3, -0.25) is 0 Å². The van der Waals surface area contributed by atoms with Gasteiger partial charge < -0.3 is 19.3 Å². The smallest absolute Gasteiger partial charge is 0.138 e. The van der Waals surface area contributed by atoms with Gasteiger partial charge in [-0.2, -0.15) is 4.91 Å². The lowest BCUT2D eigenvalue weighted by Crippen LogP contribution is -2.19. The minimum atomic E-state index is -0.681. The summed E-state index contributed by atoms with van der Waals surface area (Å²) in [5, 5.41) is 11.5. The van der Waals surface area contributed by atoms with Crippen LogP contribution in [-0.4, -0.2) is 57.4 Å². The minimum absolute atomic E-state index is 0.135. The molecule has 0 aromatic rings. The number of hydrogen-bond acceptors (Lipinski definition) is 6. The molecule has 0 saturated heterocycles. The standard InChI is InChI=1S/C25H49NO5/c1-2-3-4-5-6-7-8-9-10-11-12-13-14-15-16-17-18-29-19-20-30-21-22-31-24-25(23-27)26-28/h9-10,25,27H,2-8,11-24H2,1H3/b10-9-/t25-/m1/s1. The Balaban J connectivity index is 3.11. The fourth-order valence-corrected chi connectivity index (χ4v) is 3.23. The van der Waals surface area contributed by atoms with Gasteiger partial charge in [0.15, 0.2) is 0 Å². The first kappa shape index (κ1) is 30.2. The first-order valence-electron chi connectivity index (χ1n) is 12.7. The van der Waals surface area contributed by atoms with Crippen molar-refractivity contribution in [2.45, 2.75) is 103 Å². The molecule has 0 bridgehead atoms. The van der Waals surface area contributed by atoms with Crippen LogP contribution >= 0.6 is 0 Å². The van der Waals surface area contributed by atoms with Crippen molar-refractivity contribution in [3.63, 3.8) is 0 Å². The van der Waals surface area contributed by atoms with Crippen molar-refractivity contribution in [1.29, 1.82) is 0 Å². The lowest BCUT2D eigenvalue weighted by Gasteiger charge is -2.08. The van der Waals surface area contributed by atoms with Gasteiger partial charge in [-0.15, -0.1) is 0 Å². The van der Waals surface area contributed by atoms with Gasteiger partial charge in [0.05, 0.1) is 39.6 Å². The number of hydrogen-bond donors (Lipinski definition) is 1. The van der Waals surface area contributed by atoms with Crippen molar-refractivity contribution in [1.82, 2.24) is 0 Å². The summed E-state index contributed by atoms with van der Waals surface area (Å²) < 4.78 is 16.2. The zero-order valence-corrected chi connectivity index (χ0v) is 20.1. The van der Waals surface area contributed by atoms with Crippen molar-refractivity contribution < 1.29 is 19.3 Å². The quantitative estimate of drug-likeness (QED) is 0.0978. The van der Waals surface area contributed by atoms with Gasteiger partial charge in [-0.05, 0) is 32.1 Å². The van der Waals surface area contributed by atoms with E-state index in [1.165, 1.54) is 83.5 Å². The molecular weight excluding hydrogens is 394 g/mol. The van der Waals surface area contributed by atoms with Crippen LogP contribution in [0.2, 0.25) is 0 Å². The molecular formula is C25H49NO5. The van der Waals surface area contributed by atoms with Crippen LogP contribution in [0.3, 0.4) is 0 Å². The topological polar surface area (TPSA) is 77.3 Å². The van der Waals surface area contributed by atoms with E-state index in [0.717, 1.165) is 13.0 Å². The third kappa shape index (κ3) is 25.3. The van der Waals surface area contributed by atoms with Gasteiger partial charge in [-0.1, -0.05) is 82.0 Å². The number of rotatable bonds is 26. The first-order valence-corrected chi connectivity index (χ1v) is 12.7. The van der Waals surface area contributed by atoms with Crippen LogP contribution < -0.4 is 0 Å². The van der Waals surface area contributed by atoms with Crippen molar-refractivity contribution in [3.8, 4) is 0 Å². The number of nitroso groups, excluding NO2 is 1. The Hall–Kier alpha value is -0.820. The average molecular weight is 444 g/mol. The van der Waals surface area contributed by atoms with Crippen LogP contribution in [0.15, 0.2) is 17.3 Å². The van der Waals surface area contributed by atoms with Gasteiger partial charge in [-0.25, -0.2) is 0 Å². The number of aliphatic hydroxyl groups is 1. The molecule has 0 heterocycles. The van der Waals surface area contributed by atoms with Crippen molar-refractivity contribution in [2.75, 3.05) is 46.2 Å². The lowest BCUT2D eigenvalue weighted by molar-refractivity contribution is 0.00902. The van der Waals surface area contributed by atoms with Crippen LogP contribution in [0.25, 0.3) is 0 Å². The molecule has 1 atom stereocenters. The number of allylic oxidation sites excluding steroid dienone is 2. The maximum atomic E-state index is 10.3. The minimum Gasteiger partial charge on any atom is -0.394 e. The van der Waals surface area contributed by atoms with E-state index in [9.17, 15) is 4.91 Å². The van der Waals surface area contributed by atoms with E-state index in [1.807, 2.05) is 0 Å². The molecule has 0 amide bonds. The lowest BCUT2D eigenvalue weighted by atomic mass is 10.1. The van der Waals surface area contributed by atoms with E-state index in [2.05, 4.69) is 24.3 Å². The highest BCUT2D eigenvalue weighted by Crippen LogP contribution is 2.10. The van der Waals surface area contributed by atoms with E-state index in [4.69, 9.17) is 19.3 Å². The van der Waals surface area contributed by atoms with Crippen LogP contribution in [0.1, 0.15) is 96.8 Å². The third-order valence-electron chi connectivity index (χ3n) is 5.21. The molecule has 0 fully saturated rings. The molecule has 0 aliphatic heterocycles. The molecule has 6 nitrogen and oxygen atoms in total. The third-order valence-corrected chi connectivity index (χ3v) is 5.21. The summed E-state index contributed by atoms with van der Waals surface area (Å²) in [6.45, 7) is 4.90. The zero-order chi connectivity index (χ0) is 22.7. The maximum Gasteiger partial charge on any atom is 0.138 e. The summed E-state index contributed by atoms with van der Waals surface area (Å²) in [5.41, 5.74) is 0. The number of ether oxygens (including phenoxy) is 3. The van der Waals surface area contributed by atoms with Crippen LogP contribution in [0.4, 0.5) is 0 Å². The summed E-state index contributed by atoms with van der Waals surface area (Å²) in [6, 6.07) is -0.681. The molecule has 0 spiro atoms.